The van der Waals surface area contributed by atoms with Gasteiger partial charge in [0.05, 0.1) is 5.69 Å². The number of nitrogens with one attached hydrogen (secondary N) is 1. The van der Waals surface area contributed by atoms with E-state index in [1.165, 1.54) is 5.57 Å². The standard InChI is InChI=1S/C21H33NO2/c1-12(2)8-7-9-13(3)16-11-10-14(4)17-18(16)20(23)15(5)19(22-6)21(17)24/h8,13-14,16,22-24H,7,9-11H2,1-6H3/t13-,14-,16+/m0/s1. The van der Waals surface area contributed by atoms with Gasteiger partial charge >= 0.3 is 0 Å². The maximum Gasteiger partial charge on any atom is 0.142 e. The van der Waals surface area contributed by atoms with Crippen LogP contribution in [-0.4, -0.2) is 17.3 Å². The van der Waals surface area contributed by atoms with Gasteiger partial charge in [0, 0.05) is 23.7 Å². The van der Waals surface area contributed by atoms with E-state index in [0.29, 0.717) is 29.0 Å². The Hall–Kier alpha value is -1.64. The minimum Gasteiger partial charge on any atom is -0.507 e. The SMILES string of the molecule is CNc1c(C)c(O)c2c(c1O)[C@@H](C)CC[C@@H]2[C@@H](C)CCC=C(C)C. The van der Waals surface area contributed by atoms with Gasteiger partial charge in [0.25, 0.3) is 0 Å². The summed E-state index contributed by atoms with van der Waals surface area (Å²) < 4.78 is 0. The topological polar surface area (TPSA) is 52.5 Å². The van der Waals surface area contributed by atoms with Gasteiger partial charge in [-0.25, -0.2) is 0 Å². The molecule has 3 heteroatoms. The van der Waals surface area contributed by atoms with Gasteiger partial charge in [0.1, 0.15) is 11.5 Å². The first-order valence-corrected chi connectivity index (χ1v) is 9.18. The molecule has 3 nitrogen and oxygen atoms in total. The predicted octanol–water partition coefficient (Wildman–Crippen LogP) is 5.81. The lowest BCUT2D eigenvalue weighted by Crippen LogP contribution is -2.20. The Bertz CT molecular complexity index is 629. The average Bonchev–Trinajstić information content (AvgIpc) is 2.52. The molecule has 0 spiro atoms. The number of fused-ring (bicyclic) bond motifs is 1. The molecule has 0 aromatic heterocycles. The van der Waals surface area contributed by atoms with Crippen LogP contribution < -0.4 is 5.32 Å². The molecule has 0 saturated heterocycles. The van der Waals surface area contributed by atoms with Crippen molar-refractivity contribution in [1.29, 1.82) is 0 Å². The van der Waals surface area contributed by atoms with Gasteiger partial charge in [-0.3, -0.25) is 0 Å². The lowest BCUT2D eigenvalue weighted by Gasteiger charge is -2.36. The van der Waals surface area contributed by atoms with Crippen molar-refractivity contribution in [3.8, 4) is 11.5 Å². The zero-order chi connectivity index (χ0) is 18.0. The van der Waals surface area contributed by atoms with E-state index in [9.17, 15) is 10.2 Å². The molecule has 1 aliphatic carbocycles. The summed E-state index contributed by atoms with van der Waals surface area (Å²) >= 11 is 0. The highest BCUT2D eigenvalue weighted by Gasteiger charge is 2.35. The van der Waals surface area contributed by atoms with Crippen LogP contribution in [0, 0.1) is 12.8 Å². The van der Waals surface area contributed by atoms with E-state index < -0.39 is 0 Å². The van der Waals surface area contributed by atoms with E-state index in [4.69, 9.17) is 0 Å². The third kappa shape index (κ3) is 3.40. The first-order valence-electron chi connectivity index (χ1n) is 9.18. The molecule has 0 amide bonds. The van der Waals surface area contributed by atoms with Gasteiger partial charge in [-0.1, -0.05) is 25.5 Å². The lowest BCUT2D eigenvalue weighted by molar-refractivity contribution is 0.344. The summed E-state index contributed by atoms with van der Waals surface area (Å²) in [4.78, 5) is 0. The Morgan fingerprint density at radius 2 is 1.88 bits per heavy atom. The molecule has 3 atom stereocenters. The molecule has 3 N–H and O–H groups in total. The van der Waals surface area contributed by atoms with Crippen LogP contribution in [0.5, 0.6) is 11.5 Å². The fourth-order valence-electron chi connectivity index (χ4n) is 4.19. The summed E-state index contributed by atoms with van der Waals surface area (Å²) in [5.74, 6) is 1.78. The first kappa shape index (κ1) is 18.7. The molecule has 0 unspecified atom stereocenters. The Morgan fingerprint density at radius 1 is 1.21 bits per heavy atom. The fourth-order valence-corrected chi connectivity index (χ4v) is 4.19. The summed E-state index contributed by atoms with van der Waals surface area (Å²) in [6.45, 7) is 10.6. The highest BCUT2D eigenvalue weighted by molar-refractivity contribution is 5.72. The molecular formula is C21H33NO2. The first-order chi connectivity index (χ1) is 11.3. The Labute approximate surface area is 146 Å². The quantitative estimate of drug-likeness (QED) is 0.362. The van der Waals surface area contributed by atoms with Crippen LogP contribution in [0.4, 0.5) is 5.69 Å². The third-order valence-electron chi connectivity index (χ3n) is 5.65. The molecule has 1 aromatic carbocycles. The molecule has 24 heavy (non-hydrogen) atoms. The van der Waals surface area contributed by atoms with Gasteiger partial charge in [-0.05, 0) is 64.2 Å². The summed E-state index contributed by atoms with van der Waals surface area (Å²) in [5, 5.41) is 24.7. The van der Waals surface area contributed by atoms with Gasteiger partial charge in [0.2, 0.25) is 0 Å². The van der Waals surface area contributed by atoms with E-state index in [1.807, 2.05) is 6.92 Å². The molecule has 0 fully saturated rings. The molecular weight excluding hydrogens is 298 g/mol. The van der Waals surface area contributed by atoms with Crippen LogP contribution in [-0.2, 0) is 0 Å². The van der Waals surface area contributed by atoms with Crippen molar-refractivity contribution < 1.29 is 10.2 Å². The minimum atomic E-state index is 0.278. The zero-order valence-electron chi connectivity index (χ0n) is 16.0. The number of benzene rings is 1. The summed E-state index contributed by atoms with van der Waals surface area (Å²) in [5.41, 5.74) is 4.72. The van der Waals surface area contributed by atoms with Gasteiger partial charge in [-0.2, -0.15) is 0 Å². The van der Waals surface area contributed by atoms with Crippen molar-refractivity contribution in [2.45, 2.75) is 72.1 Å². The van der Waals surface area contributed by atoms with Crippen LogP contribution >= 0.6 is 0 Å². The summed E-state index contributed by atoms with van der Waals surface area (Å²) in [7, 11) is 1.79. The van der Waals surface area contributed by atoms with Crippen molar-refractivity contribution in [2.75, 3.05) is 12.4 Å². The molecule has 0 saturated carbocycles. The molecule has 1 aliphatic rings. The van der Waals surface area contributed by atoms with Crippen molar-refractivity contribution in [3.05, 3.63) is 28.3 Å². The van der Waals surface area contributed by atoms with E-state index in [0.717, 1.165) is 42.4 Å². The highest BCUT2D eigenvalue weighted by atomic mass is 16.3. The van der Waals surface area contributed by atoms with Crippen molar-refractivity contribution in [2.24, 2.45) is 5.92 Å². The molecule has 134 valence electrons. The normalized spacial score (nSPS) is 21.1. The smallest absolute Gasteiger partial charge is 0.142 e. The van der Waals surface area contributed by atoms with Gasteiger partial charge in [-0.15, -0.1) is 0 Å². The van der Waals surface area contributed by atoms with E-state index in [1.54, 1.807) is 7.05 Å². The van der Waals surface area contributed by atoms with E-state index >= 15 is 0 Å². The molecule has 0 aliphatic heterocycles. The monoisotopic (exact) mass is 331 g/mol. The van der Waals surface area contributed by atoms with Crippen molar-refractivity contribution in [1.82, 2.24) is 0 Å². The predicted molar refractivity (Wildman–Crippen MR) is 102 cm³/mol. The number of phenols is 2. The van der Waals surface area contributed by atoms with Gasteiger partial charge in [0.15, 0.2) is 0 Å². The lowest BCUT2D eigenvalue weighted by atomic mass is 9.70. The van der Waals surface area contributed by atoms with E-state index in [-0.39, 0.29) is 5.92 Å². The van der Waals surface area contributed by atoms with Crippen LogP contribution in [0.25, 0.3) is 0 Å². The van der Waals surface area contributed by atoms with Crippen molar-refractivity contribution in [3.63, 3.8) is 0 Å². The highest BCUT2D eigenvalue weighted by Crippen LogP contribution is 2.54. The van der Waals surface area contributed by atoms with E-state index in [2.05, 4.69) is 39.1 Å². The fraction of sp³-hybridized carbons (Fsp3) is 0.619. The number of anilines is 1. The van der Waals surface area contributed by atoms with Crippen LogP contribution in [0.15, 0.2) is 11.6 Å². The molecule has 2 rings (SSSR count). The average molecular weight is 332 g/mol. The second-order valence-corrected chi connectivity index (χ2v) is 7.70. The molecule has 0 bridgehead atoms. The number of phenolic OH excluding ortho intramolecular Hbond substituents is 2. The maximum atomic E-state index is 10.9. The molecule has 0 radical (unpaired) electrons. The number of aromatic hydroxyl groups is 2. The van der Waals surface area contributed by atoms with Crippen LogP contribution in [0.3, 0.4) is 0 Å². The zero-order valence-corrected chi connectivity index (χ0v) is 16.0. The maximum absolute atomic E-state index is 10.9. The number of allylic oxidation sites excluding steroid dienone is 2. The second kappa shape index (κ2) is 7.50. The second-order valence-electron chi connectivity index (χ2n) is 7.70. The largest absolute Gasteiger partial charge is 0.507 e. The Balaban J connectivity index is 2.44. The van der Waals surface area contributed by atoms with Gasteiger partial charge < -0.3 is 15.5 Å². The Morgan fingerprint density at radius 3 is 2.46 bits per heavy atom. The van der Waals surface area contributed by atoms with Crippen LogP contribution in [0.1, 0.15) is 81.9 Å². The number of hydrogen-bond acceptors (Lipinski definition) is 3. The molecule has 1 aromatic rings. The van der Waals surface area contributed by atoms with Crippen molar-refractivity contribution >= 4 is 5.69 Å². The third-order valence-corrected chi connectivity index (χ3v) is 5.65. The summed E-state index contributed by atoms with van der Waals surface area (Å²) in [6.07, 6.45) is 6.61. The van der Waals surface area contributed by atoms with Crippen LogP contribution in [0.2, 0.25) is 0 Å². The Kier molecular flexibility index (Phi) is 5.84. The minimum absolute atomic E-state index is 0.278. The number of hydrogen-bond donors (Lipinski definition) is 3. The molecule has 0 heterocycles. The summed E-state index contributed by atoms with van der Waals surface area (Å²) in [6, 6.07) is 0. The number of rotatable bonds is 5.